The third-order valence-electron chi connectivity index (χ3n) is 2.90. The molecule has 0 aliphatic rings. The van der Waals surface area contributed by atoms with Gasteiger partial charge in [-0.1, -0.05) is 17.8 Å². The Morgan fingerprint density at radius 3 is 2.95 bits per heavy atom. The van der Waals surface area contributed by atoms with Gasteiger partial charge in [-0.15, -0.1) is 10.2 Å². The van der Waals surface area contributed by atoms with Gasteiger partial charge in [0.05, 0.1) is 5.75 Å². The number of halogens is 1. The van der Waals surface area contributed by atoms with Crippen LogP contribution in [-0.2, 0) is 4.79 Å². The molecule has 1 aromatic carbocycles. The van der Waals surface area contributed by atoms with Gasteiger partial charge in [-0.25, -0.2) is 4.39 Å². The third kappa shape index (κ3) is 4.04. The molecule has 0 spiro atoms. The molecule has 0 bridgehead atoms. The number of anilines is 1. The monoisotopic (exact) mass is 308 g/mol. The highest BCUT2D eigenvalue weighted by Gasteiger charge is 2.11. The molecule has 2 rings (SSSR count). The van der Waals surface area contributed by atoms with Crippen LogP contribution < -0.4 is 5.32 Å². The van der Waals surface area contributed by atoms with Gasteiger partial charge in [0.1, 0.15) is 12.1 Å². The second-order valence-electron chi connectivity index (χ2n) is 4.91. The molecular formula is C14H17FN4OS. The Balaban J connectivity index is 1.96. The second kappa shape index (κ2) is 6.71. The van der Waals surface area contributed by atoms with Crippen molar-refractivity contribution < 1.29 is 9.18 Å². The average Bonchev–Trinajstić information content (AvgIpc) is 2.89. The van der Waals surface area contributed by atoms with E-state index in [1.54, 1.807) is 12.4 Å². The number of nitrogens with zero attached hydrogens (tertiary/aromatic N) is 3. The highest BCUT2D eigenvalue weighted by molar-refractivity contribution is 7.99. The van der Waals surface area contributed by atoms with Crippen LogP contribution in [0.2, 0.25) is 0 Å². The molecule has 0 saturated heterocycles. The molecule has 0 saturated carbocycles. The largest absolute Gasteiger partial charge is 0.325 e. The first kappa shape index (κ1) is 15.5. The number of hydrogen-bond acceptors (Lipinski definition) is 4. The van der Waals surface area contributed by atoms with Gasteiger partial charge in [0.25, 0.3) is 0 Å². The van der Waals surface area contributed by atoms with Gasteiger partial charge < -0.3 is 9.88 Å². The molecule has 21 heavy (non-hydrogen) atoms. The summed E-state index contributed by atoms with van der Waals surface area (Å²) in [5.41, 5.74) is 1.31. The number of rotatable bonds is 5. The van der Waals surface area contributed by atoms with Gasteiger partial charge >= 0.3 is 0 Å². The van der Waals surface area contributed by atoms with Crippen LogP contribution in [0.4, 0.5) is 10.1 Å². The lowest BCUT2D eigenvalue weighted by Gasteiger charge is -2.10. The lowest BCUT2D eigenvalue weighted by Crippen LogP contribution is -2.15. The SMILES string of the molecule is Cc1ccc(F)cc1NC(=O)CSc1nncn1C(C)C. The second-order valence-corrected chi connectivity index (χ2v) is 5.85. The van der Waals surface area contributed by atoms with E-state index in [0.29, 0.717) is 10.8 Å². The summed E-state index contributed by atoms with van der Waals surface area (Å²) in [6, 6.07) is 4.54. The highest BCUT2D eigenvalue weighted by atomic mass is 32.2. The summed E-state index contributed by atoms with van der Waals surface area (Å²) in [4.78, 5) is 11.9. The lowest BCUT2D eigenvalue weighted by molar-refractivity contribution is -0.113. The van der Waals surface area contributed by atoms with Crippen LogP contribution in [0.5, 0.6) is 0 Å². The van der Waals surface area contributed by atoms with E-state index < -0.39 is 0 Å². The van der Waals surface area contributed by atoms with E-state index in [1.807, 2.05) is 25.3 Å². The summed E-state index contributed by atoms with van der Waals surface area (Å²) in [6.45, 7) is 5.85. The summed E-state index contributed by atoms with van der Waals surface area (Å²) < 4.78 is 15.1. The van der Waals surface area contributed by atoms with E-state index in [-0.39, 0.29) is 23.5 Å². The minimum atomic E-state index is -0.372. The van der Waals surface area contributed by atoms with Crippen molar-refractivity contribution >= 4 is 23.4 Å². The molecule has 1 heterocycles. The fourth-order valence-corrected chi connectivity index (χ4v) is 2.58. The Morgan fingerprint density at radius 2 is 2.24 bits per heavy atom. The number of aromatic nitrogens is 3. The summed E-state index contributed by atoms with van der Waals surface area (Å²) in [5.74, 6) is -0.378. The number of carbonyl (C=O) groups is 1. The quantitative estimate of drug-likeness (QED) is 0.863. The topological polar surface area (TPSA) is 59.8 Å². The molecule has 1 amide bonds. The zero-order valence-electron chi connectivity index (χ0n) is 12.1. The molecule has 0 fully saturated rings. The van der Waals surface area contributed by atoms with Crippen molar-refractivity contribution in [2.24, 2.45) is 0 Å². The number of amides is 1. The van der Waals surface area contributed by atoms with Crippen molar-refractivity contribution in [3.05, 3.63) is 35.9 Å². The first-order chi connectivity index (χ1) is 9.97. The van der Waals surface area contributed by atoms with Crippen LogP contribution in [0, 0.1) is 12.7 Å². The zero-order chi connectivity index (χ0) is 15.4. The van der Waals surface area contributed by atoms with Gasteiger partial charge in [0.15, 0.2) is 5.16 Å². The van der Waals surface area contributed by atoms with Gasteiger partial charge in [-0.3, -0.25) is 4.79 Å². The fraction of sp³-hybridized carbons (Fsp3) is 0.357. The lowest BCUT2D eigenvalue weighted by atomic mass is 10.2. The van der Waals surface area contributed by atoms with Crippen molar-refractivity contribution in [2.45, 2.75) is 32.0 Å². The summed E-state index contributed by atoms with van der Waals surface area (Å²) >= 11 is 1.30. The molecule has 0 radical (unpaired) electrons. The molecule has 2 aromatic rings. The molecule has 0 aliphatic carbocycles. The number of aryl methyl sites for hydroxylation is 1. The van der Waals surface area contributed by atoms with E-state index in [9.17, 15) is 9.18 Å². The van der Waals surface area contributed by atoms with Crippen LogP contribution >= 0.6 is 11.8 Å². The van der Waals surface area contributed by atoms with Gasteiger partial charge in [-0.05, 0) is 38.5 Å². The fourth-order valence-electron chi connectivity index (χ4n) is 1.73. The Labute approximate surface area is 127 Å². The van der Waals surface area contributed by atoms with Crippen LogP contribution in [-0.4, -0.2) is 26.4 Å². The smallest absolute Gasteiger partial charge is 0.234 e. The Bertz CT molecular complexity index is 642. The molecule has 1 N–H and O–H groups in total. The van der Waals surface area contributed by atoms with Crippen molar-refractivity contribution in [1.82, 2.24) is 14.8 Å². The van der Waals surface area contributed by atoms with E-state index in [1.165, 1.54) is 23.9 Å². The van der Waals surface area contributed by atoms with Gasteiger partial charge in [0, 0.05) is 11.7 Å². The molecular weight excluding hydrogens is 291 g/mol. The number of benzene rings is 1. The molecule has 112 valence electrons. The number of carbonyl (C=O) groups excluding carboxylic acids is 1. The molecule has 5 nitrogen and oxygen atoms in total. The van der Waals surface area contributed by atoms with E-state index in [0.717, 1.165) is 5.56 Å². The summed E-state index contributed by atoms with van der Waals surface area (Å²) in [5, 5.41) is 11.2. The Kier molecular flexibility index (Phi) is 4.95. The molecule has 0 atom stereocenters. The first-order valence-corrected chi connectivity index (χ1v) is 7.54. The number of nitrogens with one attached hydrogen (secondary N) is 1. The third-order valence-corrected chi connectivity index (χ3v) is 3.86. The number of thioether (sulfide) groups is 1. The molecule has 7 heteroatoms. The molecule has 0 aliphatic heterocycles. The minimum Gasteiger partial charge on any atom is -0.325 e. The van der Waals surface area contributed by atoms with Crippen LogP contribution in [0.15, 0.2) is 29.7 Å². The normalized spacial score (nSPS) is 10.9. The maximum absolute atomic E-state index is 13.2. The standard InChI is InChI=1S/C14H17FN4OS/c1-9(2)19-8-16-18-14(19)21-7-13(20)17-12-6-11(15)5-4-10(12)3/h4-6,8-9H,7H2,1-3H3,(H,17,20). The van der Waals surface area contributed by atoms with Crippen LogP contribution in [0.1, 0.15) is 25.5 Å². The molecule has 0 unspecified atom stereocenters. The summed E-state index contributed by atoms with van der Waals surface area (Å²) in [6.07, 6.45) is 1.64. The average molecular weight is 308 g/mol. The first-order valence-electron chi connectivity index (χ1n) is 6.55. The Morgan fingerprint density at radius 1 is 1.48 bits per heavy atom. The highest BCUT2D eigenvalue weighted by Crippen LogP contribution is 2.20. The van der Waals surface area contributed by atoms with Gasteiger partial charge in [0.2, 0.25) is 5.91 Å². The van der Waals surface area contributed by atoms with Crippen LogP contribution in [0.3, 0.4) is 0 Å². The van der Waals surface area contributed by atoms with Crippen molar-refractivity contribution in [3.63, 3.8) is 0 Å². The predicted molar refractivity (Wildman–Crippen MR) is 80.9 cm³/mol. The van der Waals surface area contributed by atoms with E-state index in [2.05, 4.69) is 15.5 Å². The van der Waals surface area contributed by atoms with Crippen LogP contribution in [0.25, 0.3) is 0 Å². The van der Waals surface area contributed by atoms with Crippen molar-refractivity contribution in [3.8, 4) is 0 Å². The predicted octanol–water partition coefficient (Wildman–Crippen LogP) is 3.04. The summed E-state index contributed by atoms with van der Waals surface area (Å²) in [7, 11) is 0. The Hall–Kier alpha value is -1.89. The minimum absolute atomic E-state index is 0.196. The van der Waals surface area contributed by atoms with Crippen molar-refractivity contribution in [1.29, 1.82) is 0 Å². The maximum Gasteiger partial charge on any atom is 0.234 e. The maximum atomic E-state index is 13.2. The van der Waals surface area contributed by atoms with E-state index >= 15 is 0 Å². The van der Waals surface area contributed by atoms with E-state index in [4.69, 9.17) is 0 Å². The number of hydrogen-bond donors (Lipinski definition) is 1. The van der Waals surface area contributed by atoms with Crippen molar-refractivity contribution in [2.75, 3.05) is 11.1 Å². The zero-order valence-corrected chi connectivity index (χ0v) is 12.9. The van der Waals surface area contributed by atoms with Gasteiger partial charge in [-0.2, -0.15) is 0 Å². The molecule has 1 aromatic heterocycles.